The molecule has 0 spiro atoms. The molecule has 0 N–H and O–H groups in total. The topological polar surface area (TPSA) is 17.1 Å². The second-order valence-electron chi connectivity index (χ2n) is 4.62. The van der Waals surface area contributed by atoms with E-state index in [1.807, 2.05) is 42.5 Å². The Morgan fingerprint density at radius 1 is 1.06 bits per heavy atom. The van der Waals surface area contributed by atoms with Crippen molar-refractivity contribution < 1.29 is 4.79 Å². The van der Waals surface area contributed by atoms with Crippen LogP contribution in [0.25, 0.3) is 10.8 Å². The minimum absolute atomic E-state index is 0.114. The lowest BCUT2D eigenvalue weighted by molar-refractivity contribution is 0.104. The van der Waals surface area contributed by atoms with Crippen molar-refractivity contribution in [3.63, 3.8) is 0 Å². The smallest absolute Gasteiger partial charge is 0.185 e. The van der Waals surface area contributed by atoms with E-state index < -0.39 is 0 Å². The Labute approximate surface area is 101 Å². The highest BCUT2D eigenvalue weighted by molar-refractivity contribution is 6.06. The van der Waals surface area contributed by atoms with E-state index in [-0.39, 0.29) is 5.78 Å². The number of hydrogen-bond donors (Lipinski definition) is 0. The molecule has 1 fully saturated rings. The van der Waals surface area contributed by atoms with E-state index >= 15 is 0 Å². The molecule has 0 unspecified atom stereocenters. The molecule has 0 aromatic heterocycles. The zero-order valence-electron chi connectivity index (χ0n) is 9.60. The predicted octanol–water partition coefficient (Wildman–Crippen LogP) is 3.99. The third-order valence-corrected chi connectivity index (χ3v) is 3.18. The maximum Gasteiger partial charge on any atom is 0.185 e. The van der Waals surface area contributed by atoms with Crippen molar-refractivity contribution in [1.29, 1.82) is 0 Å². The van der Waals surface area contributed by atoms with Gasteiger partial charge < -0.3 is 0 Å². The molecule has 0 aliphatic heterocycles. The summed E-state index contributed by atoms with van der Waals surface area (Å²) < 4.78 is 0. The molecule has 1 aliphatic carbocycles. The van der Waals surface area contributed by atoms with Gasteiger partial charge in [-0.1, -0.05) is 42.5 Å². The summed E-state index contributed by atoms with van der Waals surface area (Å²) in [4.78, 5) is 11.9. The fourth-order valence-corrected chi connectivity index (χ4v) is 1.95. The fourth-order valence-electron chi connectivity index (χ4n) is 1.95. The Hall–Kier alpha value is -1.89. The van der Waals surface area contributed by atoms with Gasteiger partial charge in [-0.25, -0.2) is 0 Å². The minimum Gasteiger partial charge on any atom is -0.289 e. The third kappa shape index (κ3) is 2.28. The van der Waals surface area contributed by atoms with E-state index in [1.165, 1.54) is 18.2 Å². The van der Waals surface area contributed by atoms with Crippen LogP contribution >= 0.6 is 0 Å². The van der Waals surface area contributed by atoms with Crippen LogP contribution in [-0.4, -0.2) is 5.78 Å². The largest absolute Gasteiger partial charge is 0.289 e. The third-order valence-electron chi connectivity index (χ3n) is 3.18. The number of ketones is 1. The van der Waals surface area contributed by atoms with Crippen molar-refractivity contribution in [2.24, 2.45) is 5.92 Å². The fraction of sp³-hybridized carbons (Fsp3) is 0.188. The lowest BCUT2D eigenvalue weighted by Gasteiger charge is -2.00. The first kappa shape index (κ1) is 10.3. The lowest BCUT2D eigenvalue weighted by Crippen LogP contribution is -1.93. The average Bonchev–Trinajstić information content (AvgIpc) is 3.19. The highest BCUT2D eigenvalue weighted by Crippen LogP contribution is 2.30. The molecular weight excluding hydrogens is 208 g/mol. The van der Waals surface area contributed by atoms with Gasteiger partial charge in [-0.3, -0.25) is 4.79 Å². The monoisotopic (exact) mass is 222 g/mol. The molecule has 1 aliphatic rings. The molecule has 0 bridgehead atoms. The van der Waals surface area contributed by atoms with Gasteiger partial charge >= 0.3 is 0 Å². The average molecular weight is 222 g/mol. The number of carbonyl (C=O) groups excluding carboxylic acids is 1. The molecule has 0 atom stereocenters. The highest BCUT2D eigenvalue weighted by Gasteiger charge is 2.17. The summed E-state index contributed by atoms with van der Waals surface area (Å²) in [5.41, 5.74) is 0.778. The summed E-state index contributed by atoms with van der Waals surface area (Å²) in [6.45, 7) is 0. The van der Waals surface area contributed by atoms with E-state index in [9.17, 15) is 4.79 Å². The van der Waals surface area contributed by atoms with Crippen LogP contribution in [0.15, 0.2) is 54.6 Å². The maximum atomic E-state index is 11.9. The van der Waals surface area contributed by atoms with Crippen LogP contribution in [-0.2, 0) is 0 Å². The van der Waals surface area contributed by atoms with Gasteiger partial charge in [0.25, 0.3) is 0 Å². The number of allylic oxidation sites excluding steroid dienone is 2. The first-order valence-corrected chi connectivity index (χ1v) is 6.04. The number of rotatable bonds is 3. The van der Waals surface area contributed by atoms with E-state index in [4.69, 9.17) is 0 Å². The van der Waals surface area contributed by atoms with Crippen LogP contribution in [0.5, 0.6) is 0 Å². The van der Waals surface area contributed by atoms with E-state index in [0.29, 0.717) is 5.92 Å². The Morgan fingerprint density at radius 2 is 1.82 bits per heavy atom. The summed E-state index contributed by atoms with van der Waals surface area (Å²) in [6.07, 6.45) is 6.24. The highest BCUT2D eigenvalue weighted by atomic mass is 16.1. The molecule has 0 heterocycles. The molecule has 0 amide bonds. The van der Waals surface area contributed by atoms with Crippen LogP contribution in [0, 0.1) is 5.92 Å². The zero-order chi connectivity index (χ0) is 11.7. The van der Waals surface area contributed by atoms with Crippen LogP contribution < -0.4 is 0 Å². The van der Waals surface area contributed by atoms with Gasteiger partial charge in [-0.15, -0.1) is 0 Å². The molecular formula is C16H14O. The molecule has 2 aromatic carbocycles. The first-order valence-electron chi connectivity index (χ1n) is 6.04. The number of benzene rings is 2. The summed E-state index contributed by atoms with van der Waals surface area (Å²) >= 11 is 0. The normalized spacial score (nSPS) is 15.5. The van der Waals surface area contributed by atoms with Crippen molar-refractivity contribution in [2.75, 3.05) is 0 Å². The second kappa shape index (κ2) is 4.17. The molecule has 1 nitrogen and oxygen atoms in total. The van der Waals surface area contributed by atoms with E-state index in [1.54, 1.807) is 6.08 Å². The quantitative estimate of drug-likeness (QED) is 0.567. The molecule has 0 radical (unpaired) electrons. The van der Waals surface area contributed by atoms with Crippen molar-refractivity contribution >= 4 is 16.6 Å². The summed E-state index contributed by atoms with van der Waals surface area (Å²) in [7, 11) is 0. The molecule has 17 heavy (non-hydrogen) atoms. The van der Waals surface area contributed by atoms with E-state index in [0.717, 1.165) is 10.9 Å². The van der Waals surface area contributed by atoms with Crippen LogP contribution in [0.3, 0.4) is 0 Å². The van der Waals surface area contributed by atoms with Gasteiger partial charge in [0.1, 0.15) is 0 Å². The van der Waals surface area contributed by atoms with Crippen molar-refractivity contribution in [3.8, 4) is 0 Å². The number of fused-ring (bicyclic) bond motifs is 1. The van der Waals surface area contributed by atoms with Gasteiger partial charge in [-0.05, 0) is 41.7 Å². The van der Waals surface area contributed by atoms with Crippen molar-refractivity contribution in [1.82, 2.24) is 0 Å². The van der Waals surface area contributed by atoms with Crippen LogP contribution in [0.1, 0.15) is 23.2 Å². The van der Waals surface area contributed by atoms with Crippen LogP contribution in [0.2, 0.25) is 0 Å². The molecule has 84 valence electrons. The lowest BCUT2D eigenvalue weighted by atomic mass is 10.0. The molecule has 1 heteroatoms. The number of carbonyl (C=O) groups is 1. The van der Waals surface area contributed by atoms with E-state index in [2.05, 4.69) is 6.07 Å². The molecule has 1 saturated carbocycles. The Morgan fingerprint density at radius 3 is 2.59 bits per heavy atom. The van der Waals surface area contributed by atoms with Crippen molar-refractivity contribution in [3.05, 3.63) is 60.2 Å². The zero-order valence-corrected chi connectivity index (χ0v) is 9.60. The van der Waals surface area contributed by atoms with Gasteiger partial charge in [0.2, 0.25) is 0 Å². The number of hydrogen-bond acceptors (Lipinski definition) is 1. The van der Waals surface area contributed by atoms with Crippen LogP contribution in [0.4, 0.5) is 0 Å². The summed E-state index contributed by atoms with van der Waals surface area (Å²) in [6, 6.07) is 14.0. The maximum absolute atomic E-state index is 11.9. The Balaban J connectivity index is 1.91. The van der Waals surface area contributed by atoms with Gasteiger partial charge in [0.05, 0.1) is 0 Å². The Bertz CT molecular complexity index is 591. The van der Waals surface area contributed by atoms with Gasteiger partial charge in [0.15, 0.2) is 5.78 Å². The minimum atomic E-state index is 0.114. The molecule has 3 rings (SSSR count). The second-order valence-corrected chi connectivity index (χ2v) is 4.62. The van der Waals surface area contributed by atoms with Gasteiger partial charge in [-0.2, -0.15) is 0 Å². The first-order chi connectivity index (χ1) is 8.33. The molecule has 2 aromatic rings. The van der Waals surface area contributed by atoms with Gasteiger partial charge in [0, 0.05) is 5.56 Å². The van der Waals surface area contributed by atoms with Crippen molar-refractivity contribution in [2.45, 2.75) is 12.8 Å². The standard InChI is InChI=1S/C16H14O/c17-16(10-7-12-5-6-12)15-9-8-13-3-1-2-4-14(13)11-15/h1-4,7-12H,5-6H2/b10-7+. The Kier molecular flexibility index (Phi) is 2.52. The molecule has 0 saturated heterocycles. The summed E-state index contributed by atoms with van der Waals surface area (Å²) in [5, 5.41) is 2.30. The predicted molar refractivity (Wildman–Crippen MR) is 70.1 cm³/mol. The SMILES string of the molecule is O=C(/C=C/C1CC1)c1ccc2ccccc2c1. The summed E-state index contributed by atoms with van der Waals surface area (Å²) in [5.74, 6) is 0.766.